The van der Waals surface area contributed by atoms with Crippen LogP contribution in [0.4, 0.5) is 0 Å². The number of hydrogen-bond donors (Lipinski definition) is 0. The zero-order valence-electron chi connectivity index (χ0n) is 15.7. The van der Waals surface area contributed by atoms with Gasteiger partial charge in [-0.1, -0.05) is 32.0 Å². The Morgan fingerprint density at radius 1 is 1.23 bits per heavy atom. The van der Waals surface area contributed by atoms with Crippen LogP contribution in [0.1, 0.15) is 38.5 Å². The number of carbonyl (C=O) groups is 1. The number of aromatic nitrogens is 2. The molecule has 0 unspecified atom stereocenters. The minimum atomic E-state index is 0.0122. The third-order valence-corrected chi connectivity index (χ3v) is 5.25. The van der Waals surface area contributed by atoms with E-state index in [4.69, 9.17) is 9.15 Å². The lowest BCUT2D eigenvalue weighted by atomic mass is 9.97. The molecule has 1 amide bonds. The summed E-state index contributed by atoms with van der Waals surface area (Å²) in [5.41, 5.74) is 0.900. The topological polar surface area (TPSA) is 68.5 Å². The molecule has 2 atom stereocenters. The molecule has 1 aliphatic heterocycles. The number of nitrogens with zero attached hydrogens (tertiary/aromatic N) is 3. The van der Waals surface area contributed by atoms with Crippen molar-refractivity contribution in [3.8, 4) is 11.5 Å². The first kappa shape index (κ1) is 18.6. The summed E-state index contributed by atoms with van der Waals surface area (Å²) in [6.45, 7) is 5.99. The zero-order chi connectivity index (χ0) is 18.5. The Hall–Kier alpha value is -2.21. The van der Waals surface area contributed by atoms with E-state index in [1.807, 2.05) is 35.2 Å². The summed E-state index contributed by atoms with van der Waals surface area (Å²) in [4.78, 5) is 14.7. The smallest absolute Gasteiger partial charge is 0.247 e. The third-order valence-electron chi connectivity index (χ3n) is 5.25. The summed E-state index contributed by atoms with van der Waals surface area (Å²) in [6, 6.07) is 9.73. The van der Waals surface area contributed by atoms with E-state index >= 15 is 0 Å². The van der Waals surface area contributed by atoms with E-state index < -0.39 is 0 Å². The summed E-state index contributed by atoms with van der Waals surface area (Å²) < 4.78 is 11.3. The first-order chi connectivity index (χ1) is 12.7. The maximum absolute atomic E-state index is 12.8. The third kappa shape index (κ3) is 3.80. The van der Waals surface area contributed by atoms with E-state index in [9.17, 15) is 4.79 Å². The Morgan fingerprint density at radius 3 is 2.62 bits per heavy atom. The van der Waals surface area contributed by atoms with Gasteiger partial charge in [-0.05, 0) is 25.0 Å². The number of benzene rings is 1. The van der Waals surface area contributed by atoms with E-state index in [1.165, 1.54) is 0 Å². The molecule has 1 fully saturated rings. The first-order valence-electron chi connectivity index (χ1n) is 9.34. The second-order valence-electron chi connectivity index (χ2n) is 6.89. The monoisotopic (exact) mass is 357 g/mol. The molecule has 0 N–H and O–H groups in total. The number of hydrogen-bond acceptors (Lipinski definition) is 5. The van der Waals surface area contributed by atoms with Crippen molar-refractivity contribution < 1.29 is 13.9 Å². The number of carbonyl (C=O) groups excluding carboxylic acids is 1. The molecule has 140 valence electrons. The van der Waals surface area contributed by atoms with Crippen LogP contribution < -0.4 is 0 Å². The Bertz CT molecular complexity index is 712. The van der Waals surface area contributed by atoms with Crippen LogP contribution in [0.5, 0.6) is 0 Å². The molecule has 1 aromatic carbocycles. The molecule has 0 spiro atoms. The zero-order valence-corrected chi connectivity index (χ0v) is 15.7. The lowest BCUT2D eigenvalue weighted by Crippen LogP contribution is -2.34. The summed E-state index contributed by atoms with van der Waals surface area (Å²) in [5.74, 6) is 1.59. The largest absolute Gasteiger partial charge is 0.420 e. The normalized spacial score (nSPS) is 20.1. The van der Waals surface area contributed by atoms with E-state index in [-0.39, 0.29) is 23.7 Å². The highest BCUT2D eigenvalue weighted by Gasteiger charge is 2.40. The van der Waals surface area contributed by atoms with Crippen LogP contribution in [-0.4, -0.2) is 47.8 Å². The fourth-order valence-electron chi connectivity index (χ4n) is 3.69. The van der Waals surface area contributed by atoms with Crippen LogP contribution >= 0.6 is 0 Å². The summed E-state index contributed by atoms with van der Waals surface area (Å²) in [7, 11) is 1.69. The average Bonchev–Trinajstić information content (AvgIpc) is 3.31. The predicted molar refractivity (Wildman–Crippen MR) is 98.5 cm³/mol. The Kier molecular flexibility index (Phi) is 6.04. The Morgan fingerprint density at radius 2 is 1.96 bits per heavy atom. The van der Waals surface area contributed by atoms with Gasteiger partial charge in [-0.15, -0.1) is 10.2 Å². The number of rotatable bonds is 7. The summed E-state index contributed by atoms with van der Waals surface area (Å²) in [5, 5.41) is 8.48. The molecule has 0 radical (unpaired) electrons. The highest BCUT2D eigenvalue weighted by molar-refractivity contribution is 5.79. The van der Waals surface area contributed by atoms with Gasteiger partial charge in [-0.2, -0.15) is 0 Å². The summed E-state index contributed by atoms with van der Waals surface area (Å²) >= 11 is 0. The minimum Gasteiger partial charge on any atom is -0.420 e. The molecule has 2 heterocycles. The highest BCUT2D eigenvalue weighted by Crippen LogP contribution is 2.34. The van der Waals surface area contributed by atoms with Crippen molar-refractivity contribution in [1.29, 1.82) is 0 Å². The molecule has 1 saturated heterocycles. The molecular formula is C20H27N3O3. The molecule has 0 aliphatic carbocycles. The molecule has 2 aromatic rings. The van der Waals surface area contributed by atoms with Gasteiger partial charge in [0.15, 0.2) is 0 Å². The lowest BCUT2D eigenvalue weighted by Gasteiger charge is -2.21. The van der Waals surface area contributed by atoms with Crippen molar-refractivity contribution in [2.75, 3.05) is 26.8 Å². The van der Waals surface area contributed by atoms with Gasteiger partial charge in [0.25, 0.3) is 0 Å². The molecule has 3 rings (SSSR count). The van der Waals surface area contributed by atoms with E-state index in [1.54, 1.807) is 7.11 Å². The van der Waals surface area contributed by atoms with Crippen LogP contribution in [0.15, 0.2) is 34.7 Å². The van der Waals surface area contributed by atoms with E-state index in [0.717, 1.165) is 18.4 Å². The molecule has 0 bridgehead atoms. The molecule has 6 nitrogen and oxygen atoms in total. The maximum Gasteiger partial charge on any atom is 0.247 e. The van der Waals surface area contributed by atoms with Crippen LogP contribution in [-0.2, 0) is 9.53 Å². The van der Waals surface area contributed by atoms with Crippen LogP contribution in [0.3, 0.4) is 0 Å². The first-order valence-corrected chi connectivity index (χ1v) is 9.34. The maximum atomic E-state index is 12.8. The number of likely N-dealkylation sites (tertiary alicyclic amines) is 1. The van der Waals surface area contributed by atoms with Crippen molar-refractivity contribution in [3.63, 3.8) is 0 Å². The van der Waals surface area contributed by atoms with Gasteiger partial charge in [-0.25, -0.2) is 0 Å². The fourth-order valence-corrected chi connectivity index (χ4v) is 3.69. The fraction of sp³-hybridized carbons (Fsp3) is 0.550. The Labute approximate surface area is 154 Å². The van der Waals surface area contributed by atoms with Gasteiger partial charge in [0.2, 0.25) is 17.7 Å². The van der Waals surface area contributed by atoms with Crippen molar-refractivity contribution in [1.82, 2.24) is 15.1 Å². The molecule has 1 aromatic heterocycles. The molecule has 6 heteroatoms. The highest BCUT2D eigenvalue weighted by atomic mass is 16.5. The average molecular weight is 357 g/mol. The van der Waals surface area contributed by atoms with Crippen molar-refractivity contribution in [2.24, 2.45) is 11.8 Å². The van der Waals surface area contributed by atoms with Crippen LogP contribution in [0.25, 0.3) is 11.5 Å². The standard InChI is InChI=1S/C20H27N3O3/c1-4-14(5-2)20(24)23-11-16(13-25-3)17(12-23)19-22-21-18(26-19)15-9-7-6-8-10-15/h6-10,14,16-17H,4-5,11-13H2,1-3H3/t16-,17+/m0/s1. The molecule has 26 heavy (non-hydrogen) atoms. The van der Waals surface area contributed by atoms with Crippen molar-refractivity contribution in [2.45, 2.75) is 32.6 Å². The second-order valence-corrected chi connectivity index (χ2v) is 6.89. The molecule has 1 aliphatic rings. The number of amides is 1. The lowest BCUT2D eigenvalue weighted by molar-refractivity contribution is -0.134. The van der Waals surface area contributed by atoms with Gasteiger partial charge in [0, 0.05) is 37.6 Å². The Balaban J connectivity index is 1.79. The number of ether oxygens (including phenoxy) is 1. The van der Waals surface area contributed by atoms with Crippen molar-refractivity contribution >= 4 is 5.91 Å². The summed E-state index contributed by atoms with van der Waals surface area (Å²) in [6.07, 6.45) is 1.73. The molecule has 0 saturated carbocycles. The molecular weight excluding hydrogens is 330 g/mol. The van der Waals surface area contributed by atoms with Crippen molar-refractivity contribution in [3.05, 3.63) is 36.2 Å². The van der Waals surface area contributed by atoms with Crippen LogP contribution in [0, 0.1) is 11.8 Å². The van der Waals surface area contributed by atoms with E-state index in [2.05, 4.69) is 24.0 Å². The quantitative estimate of drug-likeness (QED) is 0.760. The van der Waals surface area contributed by atoms with Gasteiger partial charge in [0.05, 0.1) is 12.5 Å². The SMILES string of the molecule is CCC(CC)C(=O)N1C[C@@H](COC)[C@H](c2nnc(-c3ccccc3)o2)C1. The minimum absolute atomic E-state index is 0.0122. The predicted octanol–water partition coefficient (Wildman–Crippen LogP) is 3.36. The van der Waals surface area contributed by atoms with Gasteiger partial charge in [0.1, 0.15) is 0 Å². The van der Waals surface area contributed by atoms with E-state index in [0.29, 0.717) is 31.5 Å². The van der Waals surface area contributed by atoms with Crippen LogP contribution in [0.2, 0.25) is 0 Å². The van der Waals surface area contributed by atoms with Gasteiger partial charge >= 0.3 is 0 Å². The van der Waals surface area contributed by atoms with Gasteiger partial charge in [-0.3, -0.25) is 4.79 Å². The second kappa shape index (κ2) is 8.45. The number of methoxy groups -OCH3 is 1. The van der Waals surface area contributed by atoms with Gasteiger partial charge < -0.3 is 14.1 Å².